The lowest BCUT2D eigenvalue weighted by molar-refractivity contribution is -0.384. The van der Waals surface area contributed by atoms with Crippen LogP contribution >= 0.6 is 0 Å². The molecular weight excluding hydrogens is 368 g/mol. The molecule has 1 heterocycles. The lowest BCUT2D eigenvalue weighted by Gasteiger charge is -2.24. The fraction of sp³-hybridized carbons (Fsp3) is 0.238. The SMILES string of the molecule is CCc1nc(N)nc(N)c1-c1ccc([N+](=O)[O-])c(N(CC)Cc2ccccc2)c1. The Labute approximate surface area is 169 Å². The predicted octanol–water partition coefficient (Wildman–Crippen LogP) is 3.81. The Balaban J connectivity index is 2.13. The lowest BCUT2D eigenvalue weighted by atomic mass is 10.0. The van der Waals surface area contributed by atoms with Gasteiger partial charge in [0, 0.05) is 24.7 Å². The van der Waals surface area contributed by atoms with Gasteiger partial charge in [-0.2, -0.15) is 4.98 Å². The largest absolute Gasteiger partial charge is 0.383 e. The highest BCUT2D eigenvalue weighted by atomic mass is 16.6. The molecule has 0 spiro atoms. The highest BCUT2D eigenvalue weighted by Crippen LogP contribution is 2.37. The molecule has 0 aliphatic carbocycles. The van der Waals surface area contributed by atoms with Gasteiger partial charge in [-0.25, -0.2) is 4.98 Å². The van der Waals surface area contributed by atoms with Gasteiger partial charge in [-0.05, 0) is 36.6 Å². The summed E-state index contributed by atoms with van der Waals surface area (Å²) in [5.41, 5.74) is 15.6. The average Bonchev–Trinajstić information content (AvgIpc) is 2.71. The molecule has 0 unspecified atom stereocenters. The van der Waals surface area contributed by atoms with Crippen molar-refractivity contribution in [2.45, 2.75) is 26.8 Å². The molecule has 0 radical (unpaired) electrons. The summed E-state index contributed by atoms with van der Waals surface area (Å²) >= 11 is 0. The van der Waals surface area contributed by atoms with Crippen LogP contribution in [0, 0.1) is 10.1 Å². The first kappa shape index (κ1) is 20.1. The Bertz CT molecular complexity index is 1020. The molecule has 0 saturated carbocycles. The molecule has 1 aromatic heterocycles. The van der Waals surface area contributed by atoms with E-state index in [2.05, 4.69) is 9.97 Å². The Morgan fingerprint density at radius 3 is 2.41 bits per heavy atom. The minimum Gasteiger partial charge on any atom is -0.383 e. The summed E-state index contributed by atoms with van der Waals surface area (Å²) in [7, 11) is 0. The molecule has 3 aromatic rings. The van der Waals surface area contributed by atoms with Gasteiger partial charge in [0.25, 0.3) is 5.69 Å². The number of rotatable bonds is 7. The van der Waals surface area contributed by atoms with E-state index in [1.165, 1.54) is 6.07 Å². The number of aromatic nitrogens is 2. The highest BCUT2D eigenvalue weighted by molar-refractivity contribution is 5.81. The average molecular weight is 392 g/mol. The maximum Gasteiger partial charge on any atom is 0.292 e. The molecule has 3 rings (SSSR count). The zero-order chi connectivity index (χ0) is 21.0. The minimum absolute atomic E-state index is 0.0412. The van der Waals surface area contributed by atoms with Crippen LogP contribution in [0.15, 0.2) is 48.5 Å². The van der Waals surface area contributed by atoms with Gasteiger partial charge >= 0.3 is 0 Å². The first-order valence-electron chi connectivity index (χ1n) is 9.44. The summed E-state index contributed by atoms with van der Waals surface area (Å²) in [4.78, 5) is 21.7. The van der Waals surface area contributed by atoms with Crippen LogP contribution in [0.4, 0.5) is 23.1 Å². The first-order chi connectivity index (χ1) is 13.9. The van der Waals surface area contributed by atoms with Crippen LogP contribution in [-0.4, -0.2) is 21.4 Å². The van der Waals surface area contributed by atoms with Crippen LogP contribution in [0.2, 0.25) is 0 Å². The molecule has 8 heteroatoms. The lowest BCUT2D eigenvalue weighted by Crippen LogP contribution is -2.23. The number of nitrogen functional groups attached to an aromatic ring is 2. The molecule has 2 aromatic carbocycles. The number of aryl methyl sites for hydroxylation is 1. The van der Waals surface area contributed by atoms with Gasteiger partial charge in [-0.1, -0.05) is 37.3 Å². The maximum absolute atomic E-state index is 11.7. The fourth-order valence-electron chi connectivity index (χ4n) is 3.37. The smallest absolute Gasteiger partial charge is 0.292 e. The van der Waals surface area contributed by atoms with Gasteiger partial charge < -0.3 is 16.4 Å². The van der Waals surface area contributed by atoms with Crippen LogP contribution in [0.25, 0.3) is 11.1 Å². The van der Waals surface area contributed by atoms with Crippen molar-refractivity contribution >= 4 is 23.1 Å². The number of nitro groups is 1. The van der Waals surface area contributed by atoms with Crippen molar-refractivity contribution in [1.29, 1.82) is 0 Å². The van der Waals surface area contributed by atoms with E-state index in [0.29, 0.717) is 36.5 Å². The van der Waals surface area contributed by atoms with Crippen molar-refractivity contribution in [1.82, 2.24) is 9.97 Å². The number of anilines is 3. The molecular formula is C21H24N6O2. The van der Waals surface area contributed by atoms with Crippen LogP contribution in [0.1, 0.15) is 25.1 Å². The Hall–Kier alpha value is -3.68. The number of benzene rings is 2. The summed E-state index contributed by atoms with van der Waals surface area (Å²) in [6.07, 6.45) is 0.611. The summed E-state index contributed by atoms with van der Waals surface area (Å²) in [6.45, 7) is 5.08. The van der Waals surface area contributed by atoms with Gasteiger partial charge in [0.15, 0.2) is 0 Å². The van der Waals surface area contributed by atoms with Gasteiger partial charge in [-0.3, -0.25) is 10.1 Å². The number of nitrogens with zero attached hydrogens (tertiary/aromatic N) is 4. The molecule has 4 N–H and O–H groups in total. The highest BCUT2D eigenvalue weighted by Gasteiger charge is 2.22. The zero-order valence-corrected chi connectivity index (χ0v) is 16.5. The second-order valence-electron chi connectivity index (χ2n) is 6.60. The first-order valence-corrected chi connectivity index (χ1v) is 9.44. The number of hydrogen-bond acceptors (Lipinski definition) is 7. The Morgan fingerprint density at radius 1 is 1.07 bits per heavy atom. The van der Waals surface area contributed by atoms with Gasteiger partial charge in [0.2, 0.25) is 5.95 Å². The van der Waals surface area contributed by atoms with E-state index < -0.39 is 0 Å². The minimum atomic E-state index is -0.365. The normalized spacial score (nSPS) is 10.7. The molecule has 0 bridgehead atoms. The molecule has 0 aliphatic heterocycles. The summed E-state index contributed by atoms with van der Waals surface area (Å²) < 4.78 is 0. The second-order valence-corrected chi connectivity index (χ2v) is 6.60. The molecule has 0 atom stereocenters. The fourth-order valence-corrected chi connectivity index (χ4v) is 3.37. The Morgan fingerprint density at radius 2 is 1.79 bits per heavy atom. The standard InChI is InChI=1S/C21H24N6O2/c1-3-16-19(20(22)25-21(23)24-16)15-10-11-17(27(28)29)18(12-15)26(4-2)13-14-8-6-5-7-9-14/h5-12H,3-4,13H2,1-2H3,(H4,22,23,24,25). The monoisotopic (exact) mass is 392 g/mol. The van der Waals surface area contributed by atoms with Crippen LogP contribution in [-0.2, 0) is 13.0 Å². The molecule has 8 nitrogen and oxygen atoms in total. The number of hydrogen-bond donors (Lipinski definition) is 2. The van der Waals surface area contributed by atoms with Crippen molar-refractivity contribution < 1.29 is 4.92 Å². The van der Waals surface area contributed by atoms with Crippen molar-refractivity contribution in [2.75, 3.05) is 22.9 Å². The second kappa shape index (κ2) is 8.55. The molecule has 0 saturated heterocycles. The van der Waals surface area contributed by atoms with E-state index in [1.807, 2.05) is 49.1 Å². The van der Waals surface area contributed by atoms with Crippen LogP contribution < -0.4 is 16.4 Å². The van der Waals surface area contributed by atoms with E-state index in [9.17, 15) is 10.1 Å². The van der Waals surface area contributed by atoms with Crippen molar-refractivity contribution in [3.8, 4) is 11.1 Å². The van der Waals surface area contributed by atoms with Gasteiger partial charge in [0.1, 0.15) is 11.5 Å². The number of nitrogens with two attached hydrogens (primary N) is 2. The van der Waals surface area contributed by atoms with E-state index in [4.69, 9.17) is 11.5 Å². The molecule has 29 heavy (non-hydrogen) atoms. The van der Waals surface area contributed by atoms with Crippen molar-refractivity contribution in [2.24, 2.45) is 0 Å². The zero-order valence-electron chi connectivity index (χ0n) is 16.5. The van der Waals surface area contributed by atoms with Crippen molar-refractivity contribution in [3.05, 3.63) is 69.9 Å². The maximum atomic E-state index is 11.7. The third-order valence-corrected chi connectivity index (χ3v) is 4.76. The molecule has 150 valence electrons. The summed E-state index contributed by atoms with van der Waals surface area (Å²) in [5, 5.41) is 11.7. The predicted molar refractivity (Wildman–Crippen MR) is 115 cm³/mol. The van der Waals surface area contributed by atoms with Crippen LogP contribution in [0.5, 0.6) is 0 Å². The third kappa shape index (κ3) is 4.26. The third-order valence-electron chi connectivity index (χ3n) is 4.76. The Kier molecular flexibility index (Phi) is 5.92. The molecule has 0 aliphatic rings. The van der Waals surface area contributed by atoms with Gasteiger partial charge in [-0.15, -0.1) is 0 Å². The topological polar surface area (TPSA) is 124 Å². The number of nitro benzene ring substituents is 1. The molecule has 0 fully saturated rings. The summed E-state index contributed by atoms with van der Waals surface area (Å²) in [6, 6.07) is 14.8. The van der Waals surface area contributed by atoms with Crippen molar-refractivity contribution in [3.63, 3.8) is 0 Å². The van der Waals surface area contributed by atoms with E-state index in [0.717, 1.165) is 11.1 Å². The van der Waals surface area contributed by atoms with E-state index >= 15 is 0 Å². The quantitative estimate of drug-likeness (QED) is 0.463. The summed E-state index contributed by atoms with van der Waals surface area (Å²) in [5.74, 6) is 0.379. The molecule has 0 amide bonds. The van der Waals surface area contributed by atoms with Crippen LogP contribution in [0.3, 0.4) is 0 Å². The van der Waals surface area contributed by atoms with Gasteiger partial charge in [0.05, 0.1) is 10.6 Å². The van der Waals surface area contributed by atoms with E-state index in [-0.39, 0.29) is 22.4 Å². The van der Waals surface area contributed by atoms with E-state index in [1.54, 1.807) is 12.1 Å².